The summed E-state index contributed by atoms with van der Waals surface area (Å²) in [7, 11) is 4.27. The van der Waals surface area contributed by atoms with E-state index in [2.05, 4.69) is 31.1 Å². The van der Waals surface area contributed by atoms with Gasteiger partial charge in [0.25, 0.3) is 0 Å². The second-order valence-corrected chi connectivity index (χ2v) is 4.57. The quantitative estimate of drug-likeness (QED) is 0.857. The van der Waals surface area contributed by atoms with Gasteiger partial charge in [-0.3, -0.25) is 0 Å². The van der Waals surface area contributed by atoms with E-state index in [1.54, 1.807) is 0 Å². The number of nitrogens with zero attached hydrogens (tertiary/aromatic N) is 1. The number of benzene rings is 1. The van der Waals surface area contributed by atoms with E-state index >= 15 is 0 Å². The van der Waals surface area contributed by atoms with Gasteiger partial charge >= 0.3 is 0 Å². The predicted molar refractivity (Wildman–Crippen MR) is 69.1 cm³/mol. The fourth-order valence-electron chi connectivity index (χ4n) is 2.43. The molecule has 0 aromatic heterocycles. The van der Waals surface area contributed by atoms with Crippen LogP contribution in [0.2, 0.25) is 0 Å². The molecule has 16 heavy (non-hydrogen) atoms. The molecule has 1 aliphatic rings. The molecular formula is C13H20ClNO. The van der Waals surface area contributed by atoms with Gasteiger partial charge in [-0.15, -0.1) is 12.4 Å². The van der Waals surface area contributed by atoms with Gasteiger partial charge in [-0.2, -0.15) is 0 Å². The lowest BCUT2D eigenvalue weighted by Gasteiger charge is -2.31. The first-order valence-corrected chi connectivity index (χ1v) is 5.59. The largest absolute Gasteiger partial charge is 0.392 e. The second kappa shape index (κ2) is 5.67. The molecule has 0 bridgehead atoms. The lowest BCUT2D eigenvalue weighted by Crippen LogP contribution is -2.34. The monoisotopic (exact) mass is 241 g/mol. The molecule has 0 amide bonds. The van der Waals surface area contributed by atoms with Crippen molar-refractivity contribution in [3.05, 3.63) is 34.9 Å². The Hall–Kier alpha value is -0.570. The van der Waals surface area contributed by atoms with Gasteiger partial charge in [-0.25, -0.2) is 0 Å². The third kappa shape index (κ3) is 2.57. The summed E-state index contributed by atoms with van der Waals surface area (Å²) in [6, 6.07) is 6.92. The minimum absolute atomic E-state index is 0. The fourth-order valence-corrected chi connectivity index (χ4v) is 2.43. The average molecular weight is 242 g/mol. The third-order valence-corrected chi connectivity index (χ3v) is 3.46. The summed E-state index contributed by atoms with van der Waals surface area (Å²) in [5, 5.41) is 9.30. The molecule has 0 fully saturated rings. The molecule has 0 saturated carbocycles. The van der Waals surface area contributed by atoms with Crippen LogP contribution in [0.1, 0.15) is 23.1 Å². The first-order valence-electron chi connectivity index (χ1n) is 5.59. The molecule has 1 unspecified atom stereocenters. The van der Waals surface area contributed by atoms with Crippen molar-refractivity contribution < 1.29 is 5.11 Å². The van der Waals surface area contributed by atoms with E-state index in [9.17, 15) is 5.11 Å². The Kier molecular flexibility index (Phi) is 4.78. The van der Waals surface area contributed by atoms with E-state index in [0.717, 1.165) is 18.4 Å². The molecule has 0 saturated heterocycles. The molecule has 1 N–H and O–H groups in total. The van der Waals surface area contributed by atoms with Gasteiger partial charge in [0.2, 0.25) is 0 Å². The molecule has 2 nitrogen and oxygen atoms in total. The molecular weight excluding hydrogens is 222 g/mol. The van der Waals surface area contributed by atoms with E-state index in [4.69, 9.17) is 0 Å². The zero-order chi connectivity index (χ0) is 10.8. The van der Waals surface area contributed by atoms with Crippen LogP contribution in [0.5, 0.6) is 0 Å². The summed E-state index contributed by atoms with van der Waals surface area (Å²) < 4.78 is 0. The van der Waals surface area contributed by atoms with Crippen molar-refractivity contribution in [2.24, 2.45) is 0 Å². The minimum Gasteiger partial charge on any atom is -0.392 e. The van der Waals surface area contributed by atoms with Crippen LogP contribution < -0.4 is 0 Å². The van der Waals surface area contributed by atoms with Gasteiger partial charge in [-0.1, -0.05) is 18.2 Å². The van der Waals surface area contributed by atoms with Crippen molar-refractivity contribution in [3.63, 3.8) is 0 Å². The molecule has 1 aromatic carbocycles. The summed E-state index contributed by atoms with van der Waals surface area (Å²) in [6.07, 6.45) is 3.46. The Balaban J connectivity index is 0.00000128. The summed E-state index contributed by atoms with van der Waals surface area (Å²) in [5.74, 6) is 0. The van der Waals surface area contributed by atoms with Crippen molar-refractivity contribution in [3.8, 4) is 0 Å². The maximum Gasteiger partial charge on any atom is 0.0684 e. The highest BCUT2D eigenvalue weighted by molar-refractivity contribution is 5.85. The summed E-state index contributed by atoms with van der Waals surface area (Å²) in [4.78, 5) is 2.29. The molecule has 1 aliphatic carbocycles. The minimum atomic E-state index is 0. The van der Waals surface area contributed by atoms with E-state index < -0.39 is 0 Å². The summed E-state index contributed by atoms with van der Waals surface area (Å²) >= 11 is 0. The number of hydrogen-bond acceptors (Lipinski definition) is 2. The zero-order valence-electron chi connectivity index (χ0n) is 9.94. The molecule has 0 radical (unpaired) electrons. The van der Waals surface area contributed by atoms with Crippen LogP contribution >= 0.6 is 12.4 Å². The van der Waals surface area contributed by atoms with Crippen molar-refractivity contribution in [1.29, 1.82) is 0 Å². The summed E-state index contributed by atoms with van der Waals surface area (Å²) in [6.45, 7) is 0.170. The maximum atomic E-state index is 9.30. The first kappa shape index (κ1) is 13.5. The average Bonchev–Trinajstić information content (AvgIpc) is 2.27. The number of rotatable bonds is 2. The van der Waals surface area contributed by atoms with Gasteiger partial charge in [0.15, 0.2) is 0 Å². The predicted octanol–water partition coefficient (Wildman–Crippen LogP) is 2.02. The highest BCUT2D eigenvalue weighted by Gasteiger charge is 2.21. The van der Waals surface area contributed by atoms with Gasteiger partial charge in [0.05, 0.1) is 6.61 Å². The van der Waals surface area contributed by atoms with Crippen LogP contribution in [-0.4, -0.2) is 30.1 Å². The van der Waals surface area contributed by atoms with E-state index in [1.807, 2.05) is 6.07 Å². The van der Waals surface area contributed by atoms with Crippen LogP contribution in [0.3, 0.4) is 0 Å². The molecule has 0 heterocycles. The lowest BCUT2D eigenvalue weighted by atomic mass is 9.85. The molecule has 1 aromatic rings. The van der Waals surface area contributed by atoms with Crippen molar-refractivity contribution in [2.45, 2.75) is 31.9 Å². The molecule has 2 rings (SSSR count). The fraction of sp³-hybridized carbons (Fsp3) is 0.538. The number of aryl methyl sites for hydroxylation is 1. The van der Waals surface area contributed by atoms with Crippen molar-refractivity contribution >= 4 is 12.4 Å². The van der Waals surface area contributed by atoms with Crippen molar-refractivity contribution in [2.75, 3.05) is 14.1 Å². The second-order valence-electron chi connectivity index (χ2n) is 4.57. The lowest BCUT2D eigenvalue weighted by molar-refractivity contribution is 0.258. The number of likely N-dealkylation sites (N-methyl/N-ethyl adjacent to an activating group) is 1. The molecule has 90 valence electrons. The van der Waals surface area contributed by atoms with Crippen LogP contribution in [0, 0.1) is 0 Å². The third-order valence-electron chi connectivity index (χ3n) is 3.46. The van der Waals surface area contributed by atoms with Gasteiger partial charge < -0.3 is 10.0 Å². The Morgan fingerprint density at radius 1 is 1.38 bits per heavy atom. The van der Waals surface area contributed by atoms with E-state index in [1.165, 1.54) is 17.5 Å². The molecule has 1 atom stereocenters. The van der Waals surface area contributed by atoms with Gasteiger partial charge in [-0.05, 0) is 50.0 Å². The standard InChI is InChI=1S/C13H19NO.ClH/c1-14(2)12-7-6-10-4-3-5-11(9-15)13(10)8-12;/h3-5,12,15H,6-9H2,1-2H3;1H. The SMILES string of the molecule is CN(C)C1CCc2cccc(CO)c2C1.Cl. The van der Waals surface area contributed by atoms with Gasteiger partial charge in [0.1, 0.15) is 0 Å². The van der Waals surface area contributed by atoms with Gasteiger partial charge in [0, 0.05) is 6.04 Å². The van der Waals surface area contributed by atoms with E-state index in [0.29, 0.717) is 6.04 Å². The number of aliphatic hydroxyl groups excluding tert-OH is 1. The normalized spacial score (nSPS) is 19.1. The Morgan fingerprint density at radius 3 is 2.75 bits per heavy atom. The van der Waals surface area contributed by atoms with Crippen LogP contribution in [-0.2, 0) is 19.4 Å². The first-order chi connectivity index (χ1) is 7.22. The Bertz CT molecular complexity index is 338. The smallest absolute Gasteiger partial charge is 0.0684 e. The molecule has 3 heteroatoms. The number of hydrogen-bond donors (Lipinski definition) is 1. The highest BCUT2D eigenvalue weighted by Crippen LogP contribution is 2.26. The van der Waals surface area contributed by atoms with Crippen molar-refractivity contribution in [1.82, 2.24) is 4.90 Å². The number of aliphatic hydroxyl groups is 1. The molecule has 0 spiro atoms. The van der Waals surface area contributed by atoms with Crippen LogP contribution in [0.25, 0.3) is 0 Å². The maximum absolute atomic E-state index is 9.30. The van der Waals surface area contributed by atoms with E-state index in [-0.39, 0.29) is 19.0 Å². The highest BCUT2D eigenvalue weighted by atomic mass is 35.5. The number of fused-ring (bicyclic) bond motifs is 1. The van der Waals surface area contributed by atoms with Crippen LogP contribution in [0.15, 0.2) is 18.2 Å². The zero-order valence-corrected chi connectivity index (χ0v) is 10.8. The van der Waals surface area contributed by atoms with Crippen LogP contribution in [0.4, 0.5) is 0 Å². The topological polar surface area (TPSA) is 23.5 Å². The Labute approximate surface area is 104 Å². The number of halogens is 1. The molecule has 0 aliphatic heterocycles. The Morgan fingerprint density at radius 2 is 2.12 bits per heavy atom. The summed E-state index contributed by atoms with van der Waals surface area (Å²) in [5.41, 5.74) is 3.92.